The number of aryl methyl sites for hydroxylation is 2. The summed E-state index contributed by atoms with van der Waals surface area (Å²) in [6, 6.07) is 10.0. The van der Waals surface area contributed by atoms with Gasteiger partial charge < -0.3 is 9.84 Å². The minimum Gasteiger partial charge on any atom is -0.351 e. The molecule has 1 unspecified atom stereocenters. The van der Waals surface area contributed by atoms with Gasteiger partial charge in [0.05, 0.1) is 11.7 Å². The summed E-state index contributed by atoms with van der Waals surface area (Å²) < 4.78 is 4.99. The zero-order chi connectivity index (χ0) is 13.2. The van der Waals surface area contributed by atoms with Gasteiger partial charge in [-0.1, -0.05) is 29.4 Å². The van der Waals surface area contributed by atoms with Crippen LogP contribution in [0.3, 0.4) is 0 Å². The van der Waals surface area contributed by atoms with Crippen LogP contribution >= 0.6 is 0 Å². The van der Waals surface area contributed by atoms with E-state index >= 15 is 0 Å². The number of benzene rings is 1. The number of hydrogen-bond donors (Lipinski definition) is 1. The van der Waals surface area contributed by atoms with E-state index < -0.39 is 0 Å². The van der Waals surface area contributed by atoms with Crippen molar-refractivity contribution in [3.8, 4) is 0 Å². The van der Waals surface area contributed by atoms with Gasteiger partial charge in [0.2, 0.25) is 5.76 Å². The lowest BCUT2D eigenvalue weighted by molar-refractivity contribution is 0.0895. The molecule has 0 bridgehead atoms. The predicted molar refractivity (Wildman–Crippen MR) is 70.8 cm³/mol. The molecule has 2 aromatic rings. The molecule has 0 saturated carbocycles. The molecule has 1 amide bonds. The lowest BCUT2D eigenvalue weighted by Gasteiger charge is -2.25. The average molecular weight is 256 g/mol. The van der Waals surface area contributed by atoms with E-state index in [-0.39, 0.29) is 17.7 Å². The zero-order valence-electron chi connectivity index (χ0n) is 10.8. The highest BCUT2D eigenvalue weighted by Gasteiger charge is 2.23. The summed E-state index contributed by atoms with van der Waals surface area (Å²) in [5.74, 6) is 0.0860. The first-order valence-corrected chi connectivity index (χ1v) is 6.56. The minimum atomic E-state index is -0.192. The second-order valence-corrected chi connectivity index (χ2v) is 4.95. The predicted octanol–water partition coefficient (Wildman–Crippen LogP) is 2.79. The molecular formula is C15H16N2O2. The van der Waals surface area contributed by atoms with Gasteiger partial charge in [0.25, 0.3) is 5.91 Å². The van der Waals surface area contributed by atoms with Crippen LogP contribution < -0.4 is 5.32 Å². The van der Waals surface area contributed by atoms with Crippen LogP contribution in [-0.2, 0) is 6.42 Å². The van der Waals surface area contributed by atoms with Gasteiger partial charge in [0.15, 0.2) is 0 Å². The van der Waals surface area contributed by atoms with Crippen molar-refractivity contribution in [1.82, 2.24) is 10.5 Å². The molecule has 19 heavy (non-hydrogen) atoms. The Morgan fingerprint density at radius 2 is 2.26 bits per heavy atom. The van der Waals surface area contributed by atoms with Gasteiger partial charge in [-0.3, -0.25) is 4.79 Å². The zero-order valence-corrected chi connectivity index (χ0v) is 10.8. The number of fused-ring (bicyclic) bond motifs is 1. The SMILES string of the molecule is Cc1cc(C(=O)NC2CCCc3ccccc32)on1. The highest BCUT2D eigenvalue weighted by Crippen LogP contribution is 2.29. The highest BCUT2D eigenvalue weighted by atomic mass is 16.5. The molecule has 0 saturated heterocycles. The van der Waals surface area contributed by atoms with Crippen LogP contribution in [0.4, 0.5) is 0 Å². The first-order valence-electron chi connectivity index (χ1n) is 6.56. The first-order chi connectivity index (χ1) is 9.24. The summed E-state index contributed by atoms with van der Waals surface area (Å²) in [6.07, 6.45) is 3.15. The first kappa shape index (κ1) is 12.0. The third-order valence-electron chi connectivity index (χ3n) is 3.53. The molecule has 0 aliphatic heterocycles. The molecule has 4 nitrogen and oxygen atoms in total. The van der Waals surface area contributed by atoms with Crippen molar-refractivity contribution in [3.63, 3.8) is 0 Å². The van der Waals surface area contributed by atoms with Crippen LogP contribution in [0.1, 0.15) is 46.3 Å². The van der Waals surface area contributed by atoms with Gasteiger partial charge in [-0.05, 0) is 37.3 Å². The number of nitrogens with one attached hydrogen (secondary N) is 1. The summed E-state index contributed by atoms with van der Waals surface area (Å²) >= 11 is 0. The minimum absolute atomic E-state index is 0.0721. The molecule has 98 valence electrons. The van der Waals surface area contributed by atoms with Crippen molar-refractivity contribution in [2.75, 3.05) is 0 Å². The molecule has 4 heteroatoms. The Balaban J connectivity index is 1.79. The fourth-order valence-electron chi connectivity index (χ4n) is 2.60. The van der Waals surface area contributed by atoms with Crippen LogP contribution in [-0.4, -0.2) is 11.1 Å². The van der Waals surface area contributed by atoms with Crippen molar-refractivity contribution >= 4 is 5.91 Å². The normalized spacial score (nSPS) is 17.8. The smallest absolute Gasteiger partial charge is 0.290 e. The third-order valence-corrected chi connectivity index (χ3v) is 3.53. The standard InChI is InChI=1S/C15H16N2O2/c1-10-9-14(19-17-10)15(18)16-13-8-4-6-11-5-2-3-7-12(11)13/h2-3,5,7,9,13H,4,6,8H2,1H3,(H,16,18). The van der Waals surface area contributed by atoms with Crippen molar-refractivity contribution in [1.29, 1.82) is 0 Å². The molecule has 1 heterocycles. The van der Waals surface area contributed by atoms with Crippen molar-refractivity contribution < 1.29 is 9.32 Å². The van der Waals surface area contributed by atoms with Crippen molar-refractivity contribution in [2.24, 2.45) is 0 Å². The van der Waals surface area contributed by atoms with Crippen LogP contribution in [0.25, 0.3) is 0 Å². The molecule has 0 spiro atoms. The largest absolute Gasteiger partial charge is 0.351 e. The second-order valence-electron chi connectivity index (χ2n) is 4.95. The molecule has 0 fully saturated rings. The fourth-order valence-corrected chi connectivity index (χ4v) is 2.60. The summed E-state index contributed by atoms with van der Waals surface area (Å²) in [7, 11) is 0. The van der Waals surface area contributed by atoms with Gasteiger partial charge in [-0.15, -0.1) is 0 Å². The van der Waals surface area contributed by atoms with Gasteiger partial charge in [0, 0.05) is 6.07 Å². The average Bonchev–Trinajstić information content (AvgIpc) is 2.86. The summed E-state index contributed by atoms with van der Waals surface area (Å²) in [6.45, 7) is 1.80. The number of carbonyl (C=O) groups is 1. The Bertz CT molecular complexity index is 604. The molecule has 0 radical (unpaired) electrons. The molecular weight excluding hydrogens is 240 g/mol. The summed E-state index contributed by atoms with van der Waals surface area (Å²) in [4.78, 5) is 12.1. The molecule has 1 aliphatic carbocycles. The number of hydrogen-bond acceptors (Lipinski definition) is 3. The van der Waals surface area contributed by atoms with E-state index in [0.717, 1.165) is 19.3 Å². The van der Waals surface area contributed by atoms with E-state index in [1.165, 1.54) is 11.1 Å². The van der Waals surface area contributed by atoms with Gasteiger partial charge in [-0.2, -0.15) is 0 Å². The van der Waals surface area contributed by atoms with Crippen molar-refractivity contribution in [2.45, 2.75) is 32.2 Å². The molecule has 1 aromatic carbocycles. The van der Waals surface area contributed by atoms with E-state index in [2.05, 4.69) is 22.6 Å². The number of carbonyl (C=O) groups excluding carboxylic acids is 1. The maximum absolute atomic E-state index is 12.1. The van der Waals surface area contributed by atoms with Crippen LogP contribution in [0.2, 0.25) is 0 Å². The number of aromatic nitrogens is 1. The van der Waals surface area contributed by atoms with Crippen LogP contribution in [0.5, 0.6) is 0 Å². The topological polar surface area (TPSA) is 55.1 Å². The molecule has 1 aromatic heterocycles. The Morgan fingerprint density at radius 1 is 1.42 bits per heavy atom. The molecule has 1 N–H and O–H groups in total. The van der Waals surface area contributed by atoms with Gasteiger partial charge in [0.1, 0.15) is 0 Å². The number of nitrogens with zero attached hydrogens (tertiary/aromatic N) is 1. The highest BCUT2D eigenvalue weighted by molar-refractivity contribution is 5.91. The molecule has 1 atom stereocenters. The second kappa shape index (κ2) is 4.88. The third kappa shape index (κ3) is 2.38. The Morgan fingerprint density at radius 3 is 3.05 bits per heavy atom. The van der Waals surface area contributed by atoms with Crippen LogP contribution in [0, 0.1) is 6.92 Å². The number of rotatable bonds is 2. The molecule has 3 rings (SSSR count). The Hall–Kier alpha value is -2.10. The lowest BCUT2D eigenvalue weighted by atomic mass is 9.88. The quantitative estimate of drug-likeness (QED) is 0.898. The summed E-state index contributed by atoms with van der Waals surface area (Å²) in [5.41, 5.74) is 3.26. The summed E-state index contributed by atoms with van der Waals surface area (Å²) in [5, 5.41) is 6.77. The lowest BCUT2D eigenvalue weighted by Crippen LogP contribution is -2.30. The van der Waals surface area contributed by atoms with E-state index in [1.807, 2.05) is 12.1 Å². The maximum Gasteiger partial charge on any atom is 0.290 e. The van der Waals surface area contributed by atoms with Crippen molar-refractivity contribution in [3.05, 3.63) is 52.9 Å². The van der Waals surface area contributed by atoms with E-state index in [1.54, 1.807) is 13.0 Å². The van der Waals surface area contributed by atoms with Gasteiger partial charge >= 0.3 is 0 Å². The van der Waals surface area contributed by atoms with Gasteiger partial charge in [-0.25, -0.2) is 0 Å². The van der Waals surface area contributed by atoms with E-state index in [9.17, 15) is 4.79 Å². The number of amides is 1. The van der Waals surface area contributed by atoms with E-state index in [0.29, 0.717) is 5.69 Å². The van der Waals surface area contributed by atoms with Crippen LogP contribution in [0.15, 0.2) is 34.9 Å². The fraction of sp³-hybridized carbons (Fsp3) is 0.333. The maximum atomic E-state index is 12.1. The molecule has 1 aliphatic rings. The Kier molecular flexibility index (Phi) is 3.07. The monoisotopic (exact) mass is 256 g/mol. The Labute approximate surface area is 111 Å². The van der Waals surface area contributed by atoms with E-state index in [4.69, 9.17) is 4.52 Å².